The molecule has 0 aliphatic carbocycles. The molecule has 1 aromatic carbocycles. The molecule has 0 bridgehead atoms. The molecular formula is C17H17N3O5S. The molecule has 2 rings (SSSR count). The topological polar surface area (TPSA) is 132 Å². The van der Waals surface area contributed by atoms with Crippen molar-refractivity contribution in [3.8, 4) is 11.8 Å². The van der Waals surface area contributed by atoms with Crippen molar-refractivity contribution in [2.75, 3.05) is 20.0 Å². The number of nitriles is 1. The van der Waals surface area contributed by atoms with Gasteiger partial charge in [-0.2, -0.15) is 5.26 Å². The molecule has 8 nitrogen and oxygen atoms in total. The first kappa shape index (κ1) is 19.3. The van der Waals surface area contributed by atoms with Crippen LogP contribution in [0, 0.1) is 17.2 Å². The van der Waals surface area contributed by atoms with E-state index in [9.17, 15) is 19.6 Å². The zero-order valence-corrected chi connectivity index (χ0v) is 15.0. The Hall–Kier alpha value is -2.99. The number of nitrogens with zero attached hydrogens (tertiary/aromatic N) is 1. The van der Waals surface area contributed by atoms with E-state index in [1.54, 1.807) is 24.3 Å². The Labute approximate surface area is 154 Å². The van der Waals surface area contributed by atoms with E-state index >= 15 is 0 Å². The van der Waals surface area contributed by atoms with Gasteiger partial charge in [0.05, 0.1) is 36.6 Å². The molecule has 0 saturated carbocycles. The van der Waals surface area contributed by atoms with Crippen LogP contribution in [0.15, 0.2) is 34.9 Å². The summed E-state index contributed by atoms with van der Waals surface area (Å²) in [7, 11) is 2.62. The fourth-order valence-electron chi connectivity index (χ4n) is 2.72. The van der Waals surface area contributed by atoms with Crippen LogP contribution in [0.5, 0.6) is 5.75 Å². The summed E-state index contributed by atoms with van der Waals surface area (Å²) in [5.74, 6) is -3.87. The van der Waals surface area contributed by atoms with E-state index in [1.165, 1.54) is 14.2 Å². The predicted octanol–water partition coefficient (Wildman–Crippen LogP) is 0.651. The number of methoxy groups -OCH3 is 2. The van der Waals surface area contributed by atoms with Crippen LogP contribution in [0.2, 0.25) is 0 Å². The van der Waals surface area contributed by atoms with E-state index in [4.69, 9.17) is 15.2 Å². The smallest absolute Gasteiger partial charge is 0.319 e. The number of ether oxygens (including phenoxy) is 2. The van der Waals surface area contributed by atoms with Crippen LogP contribution in [-0.2, 0) is 19.1 Å². The van der Waals surface area contributed by atoms with Crippen molar-refractivity contribution in [3.63, 3.8) is 0 Å². The standard InChI is InChI=1S/C17H17N3O5S/c1-24-11-6-4-3-5-9(11)13-10(7-18)16(26-8-12(19)21)20-15(22)14(13)17(23)25-2/h3-6,13-14H,8H2,1-2H3,(H2,19,21)(H,20,22)/t13-,14+/m1/s1. The first-order chi connectivity index (χ1) is 12.4. The van der Waals surface area contributed by atoms with E-state index < -0.39 is 29.6 Å². The van der Waals surface area contributed by atoms with Crippen LogP contribution in [0.3, 0.4) is 0 Å². The lowest BCUT2D eigenvalue weighted by Crippen LogP contribution is -2.44. The van der Waals surface area contributed by atoms with E-state index in [0.29, 0.717) is 11.3 Å². The van der Waals surface area contributed by atoms with Crippen LogP contribution in [-0.4, -0.2) is 37.8 Å². The molecule has 1 heterocycles. The molecule has 1 aliphatic heterocycles. The van der Waals surface area contributed by atoms with Crippen molar-refractivity contribution in [3.05, 3.63) is 40.4 Å². The average molecular weight is 375 g/mol. The largest absolute Gasteiger partial charge is 0.496 e. The maximum atomic E-state index is 12.6. The molecular weight excluding hydrogens is 358 g/mol. The molecule has 136 valence electrons. The molecule has 9 heteroatoms. The van der Waals surface area contributed by atoms with E-state index in [2.05, 4.69) is 5.32 Å². The third-order valence-electron chi connectivity index (χ3n) is 3.82. The van der Waals surface area contributed by atoms with Gasteiger partial charge in [-0.15, -0.1) is 0 Å². The number of primary amides is 1. The number of carbonyl (C=O) groups is 3. The highest BCUT2D eigenvalue weighted by molar-refractivity contribution is 8.03. The predicted molar refractivity (Wildman–Crippen MR) is 93.7 cm³/mol. The maximum absolute atomic E-state index is 12.6. The molecule has 0 aromatic heterocycles. The third kappa shape index (κ3) is 3.81. The number of allylic oxidation sites excluding steroid dienone is 1. The molecule has 2 amide bonds. The Bertz CT molecular complexity index is 815. The van der Waals surface area contributed by atoms with Gasteiger partial charge in [0.25, 0.3) is 0 Å². The van der Waals surface area contributed by atoms with Gasteiger partial charge in [-0.05, 0) is 6.07 Å². The minimum Gasteiger partial charge on any atom is -0.496 e. The third-order valence-corrected chi connectivity index (χ3v) is 4.86. The lowest BCUT2D eigenvalue weighted by Gasteiger charge is -2.31. The quantitative estimate of drug-likeness (QED) is 0.551. The fourth-order valence-corrected chi connectivity index (χ4v) is 3.51. The number of para-hydroxylation sites is 1. The molecule has 0 radical (unpaired) electrons. The summed E-state index contributed by atoms with van der Waals surface area (Å²) in [6, 6.07) is 8.82. The Kier molecular flexibility index (Phi) is 6.25. The van der Waals surface area contributed by atoms with Gasteiger partial charge >= 0.3 is 5.97 Å². The van der Waals surface area contributed by atoms with Crippen molar-refractivity contribution in [1.82, 2.24) is 5.32 Å². The van der Waals surface area contributed by atoms with Gasteiger partial charge in [0.15, 0.2) is 0 Å². The Morgan fingerprint density at radius 1 is 1.35 bits per heavy atom. The van der Waals surface area contributed by atoms with Crippen LogP contribution < -0.4 is 15.8 Å². The monoisotopic (exact) mass is 375 g/mol. The molecule has 0 saturated heterocycles. The number of benzene rings is 1. The number of nitrogens with one attached hydrogen (secondary N) is 1. The Morgan fingerprint density at radius 3 is 2.62 bits per heavy atom. The summed E-state index contributed by atoms with van der Waals surface area (Å²) in [5, 5.41) is 12.4. The highest BCUT2D eigenvalue weighted by atomic mass is 32.2. The van der Waals surface area contributed by atoms with Crippen LogP contribution in [0.1, 0.15) is 11.5 Å². The summed E-state index contributed by atoms with van der Waals surface area (Å²) in [5.41, 5.74) is 5.78. The number of hydrogen-bond acceptors (Lipinski definition) is 7. The summed E-state index contributed by atoms with van der Waals surface area (Å²) >= 11 is 0.933. The number of amides is 2. The average Bonchev–Trinajstić information content (AvgIpc) is 2.64. The summed E-state index contributed by atoms with van der Waals surface area (Å²) in [6.07, 6.45) is 0. The van der Waals surface area contributed by atoms with Gasteiger partial charge in [-0.3, -0.25) is 14.4 Å². The first-order valence-corrected chi connectivity index (χ1v) is 8.50. The summed E-state index contributed by atoms with van der Waals surface area (Å²) in [6.45, 7) is 0. The summed E-state index contributed by atoms with van der Waals surface area (Å²) < 4.78 is 10.1. The van der Waals surface area contributed by atoms with Crippen LogP contribution in [0.4, 0.5) is 0 Å². The number of rotatable bonds is 6. The van der Waals surface area contributed by atoms with E-state index in [1.807, 2.05) is 6.07 Å². The SMILES string of the molecule is COC(=O)[C@@H]1C(=O)NC(SCC(N)=O)=C(C#N)[C@H]1c1ccccc1OC. The molecule has 1 aliphatic rings. The number of hydrogen-bond donors (Lipinski definition) is 2. The Balaban J connectivity index is 2.65. The molecule has 0 unspecified atom stereocenters. The molecule has 1 aromatic rings. The molecule has 0 spiro atoms. The van der Waals surface area contributed by atoms with Crippen LogP contribution >= 0.6 is 11.8 Å². The Morgan fingerprint density at radius 2 is 2.04 bits per heavy atom. The second-order valence-electron chi connectivity index (χ2n) is 5.32. The molecule has 0 fully saturated rings. The van der Waals surface area contributed by atoms with Crippen molar-refractivity contribution >= 4 is 29.5 Å². The molecule has 26 heavy (non-hydrogen) atoms. The van der Waals surface area contributed by atoms with Crippen molar-refractivity contribution in [2.24, 2.45) is 11.7 Å². The maximum Gasteiger partial charge on any atom is 0.319 e. The van der Waals surface area contributed by atoms with Crippen molar-refractivity contribution in [1.29, 1.82) is 5.26 Å². The minimum atomic E-state index is -1.26. The zero-order chi connectivity index (χ0) is 19.3. The minimum absolute atomic E-state index is 0.123. The van der Waals surface area contributed by atoms with E-state index in [-0.39, 0.29) is 16.4 Å². The number of esters is 1. The highest BCUT2D eigenvalue weighted by Gasteiger charge is 2.45. The number of carbonyl (C=O) groups excluding carboxylic acids is 3. The normalized spacial score (nSPS) is 19.3. The lowest BCUT2D eigenvalue weighted by molar-refractivity contribution is -0.150. The van der Waals surface area contributed by atoms with Crippen LogP contribution in [0.25, 0.3) is 0 Å². The van der Waals surface area contributed by atoms with Gasteiger partial charge in [0, 0.05) is 11.5 Å². The van der Waals surface area contributed by atoms with Gasteiger partial charge in [-0.1, -0.05) is 30.0 Å². The van der Waals surface area contributed by atoms with E-state index in [0.717, 1.165) is 11.8 Å². The number of thioether (sulfide) groups is 1. The number of nitrogens with two attached hydrogens (primary N) is 1. The second-order valence-corrected chi connectivity index (χ2v) is 6.30. The molecule has 2 atom stereocenters. The molecule has 3 N–H and O–H groups in total. The van der Waals surface area contributed by atoms with Gasteiger partial charge in [-0.25, -0.2) is 0 Å². The van der Waals surface area contributed by atoms with Gasteiger partial charge in [0.1, 0.15) is 11.7 Å². The zero-order valence-electron chi connectivity index (χ0n) is 14.1. The van der Waals surface area contributed by atoms with Gasteiger partial charge < -0.3 is 20.5 Å². The second kappa shape index (κ2) is 8.40. The first-order valence-electron chi connectivity index (χ1n) is 7.51. The fraction of sp³-hybridized carbons (Fsp3) is 0.294. The summed E-state index contributed by atoms with van der Waals surface area (Å²) in [4.78, 5) is 35.9. The van der Waals surface area contributed by atoms with Crippen molar-refractivity contribution < 1.29 is 23.9 Å². The lowest BCUT2D eigenvalue weighted by atomic mass is 9.78. The highest BCUT2D eigenvalue weighted by Crippen LogP contribution is 2.43. The van der Waals surface area contributed by atoms with Gasteiger partial charge in [0.2, 0.25) is 11.8 Å². The van der Waals surface area contributed by atoms with Crippen molar-refractivity contribution in [2.45, 2.75) is 5.92 Å².